The molecule has 0 spiro atoms. The minimum atomic E-state index is -0.514. The topological polar surface area (TPSA) is 67.1 Å². The molecule has 0 heterocycles. The molecular formula is C13H11ClFN3O. The smallest absolute Gasteiger partial charge is 0.257 e. The monoisotopic (exact) mass is 279 g/mol. The third-order valence-corrected chi connectivity index (χ3v) is 2.74. The summed E-state index contributed by atoms with van der Waals surface area (Å²) in [6, 6.07) is 10.5. The van der Waals surface area contributed by atoms with Crippen LogP contribution in [0, 0.1) is 5.82 Å². The quantitative estimate of drug-likeness (QED) is 0.598. The third kappa shape index (κ3) is 3.01. The summed E-state index contributed by atoms with van der Waals surface area (Å²) < 4.78 is 13.4. The van der Waals surface area contributed by atoms with Crippen molar-refractivity contribution < 1.29 is 9.18 Å². The fourth-order valence-corrected chi connectivity index (χ4v) is 1.75. The van der Waals surface area contributed by atoms with Crippen molar-refractivity contribution >= 4 is 28.9 Å². The summed E-state index contributed by atoms with van der Waals surface area (Å²) in [7, 11) is 0. The van der Waals surface area contributed by atoms with Gasteiger partial charge in [-0.05, 0) is 30.3 Å². The van der Waals surface area contributed by atoms with Crippen LogP contribution < -0.4 is 16.6 Å². The highest BCUT2D eigenvalue weighted by atomic mass is 35.5. The van der Waals surface area contributed by atoms with Crippen molar-refractivity contribution in [3.8, 4) is 0 Å². The maximum atomic E-state index is 13.4. The molecule has 19 heavy (non-hydrogen) atoms. The number of benzene rings is 2. The van der Waals surface area contributed by atoms with Gasteiger partial charge in [-0.15, -0.1) is 0 Å². The SMILES string of the molecule is NNc1ccc(Cl)cc1C(=O)Nc1ccccc1F. The first-order valence-electron chi connectivity index (χ1n) is 5.44. The Hall–Kier alpha value is -2.11. The molecule has 2 rings (SSSR count). The van der Waals surface area contributed by atoms with E-state index in [1.54, 1.807) is 18.2 Å². The number of anilines is 2. The Kier molecular flexibility index (Phi) is 3.99. The number of amides is 1. The Morgan fingerprint density at radius 1 is 1.16 bits per heavy atom. The Balaban J connectivity index is 2.30. The number of nitrogens with one attached hydrogen (secondary N) is 2. The maximum Gasteiger partial charge on any atom is 0.257 e. The van der Waals surface area contributed by atoms with Crippen LogP contribution >= 0.6 is 11.6 Å². The standard InChI is InChI=1S/C13H11ClFN3O/c14-8-5-6-11(18-16)9(7-8)13(19)17-12-4-2-1-3-10(12)15/h1-7,18H,16H2,(H,17,19). The van der Waals surface area contributed by atoms with Crippen LogP contribution in [0.1, 0.15) is 10.4 Å². The van der Waals surface area contributed by atoms with Crippen molar-refractivity contribution in [2.24, 2.45) is 5.84 Å². The summed E-state index contributed by atoms with van der Waals surface area (Å²) in [5.41, 5.74) is 3.12. The molecule has 0 aliphatic carbocycles. The second kappa shape index (κ2) is 5.69. The number of halogens is 2. The zero-order valence-electron chi connectivity index (χ0n) is 9.78. The van der Waals surface area contributed by atoms with E-state index in [9.17, 15) is 9.18 Å². The lowest BCUT2D eigenvalue weighted by Crippen LogP contribution is -2.17. The molecule has 0 bridgehead atoms. The normalized spacial score (nSPS) is 10.1. The number of hydrogen-bond donors (Lipinski definition) is 3. The number of carbonyl (C=O) groups excluding carboxylic acids is 1. The van der Waals surface area contributed by atoms with E-state index in [4.69, 9.17) is 17.4 Å². The van der Waals surface area contributed by atoms with Crippen molar-refractivity contribution in [3.63, 3.8) is 0 Å². The van der Waals surface area contributed by atoms with Gasteiger partial charge in [-0.2, -0.15) is 0 Å². The number of nitrogens with two attached hydrogens (primary N) is 1. The maximum absolute atomic E-state index is 13.4. The van der Waals surface area contributed by atoms with Crippen LogP contribution in [0.5, 0.6) is 0 Å². The van der Waals surface area contributed by atoms with E-state index in [0.29, 0.717) is 10.7 Å². The third-order valence-electron chi connectivity index (χ3n) is 2.50. The van der Waals surface area contributed by atoms with Crippen LogP contribution in [0.15, 0.2) is 42.5 Å². The Morgan fingerprint density at radius 2 is 1.89 bits per heavy atom. The van der Waals surface area contributed by atoms with Crippen molar-refractivity contribution in [1.29, 1.82) is 0 Å². The van der Waals surface area contributed by atoms with E-state index in [-0.39, 0.29) is 11.3 Å². The molecule has 0 unspecified atom stereocenters. The average molecular weight is 280 g/mol. The van der Waals surface area contributed by atoms with Crippen molar-refractivity contribution in [3.05, 3.63) is 58.9 Å². The number of para-hydroxylation sites is 1. The second-order valence-electron chi connectivity index (χ2n) is 3.77. The average Bonchev–Trinajstić information content (AvgIpc) is 2.41. The molecule has 0 radical (unpaired) electrons. The molecule has 4 N–H and O–H groups in total. The summed E-state index contributed by atoms with van der Waals surface area (Å²) >= 11 is 5.83. The van der Waals surface area contributed by atoms with Gasteiger partial charge in [0.25, 0.3) is 5.91 Å². The lowest BCUT2D eigenvalue weighted by atomic mass is 10.1. The van der Waals surface area contributed by atoms with Crippen molar-refractivity contribution in [2.75, 3.05) is 10.7 Å². The first kappa shape index (κ1) is 13.3. The van der Waals surface area contributed by atoms with Gasteiger partial charge in [0, 0.05) is 5.02 Å². The molecule has 0 fully saturated rings. The minimum absolute atomic E-state index is 0.0930. The van der Waals surface area contributed by atoms with Crippen LogP contribution in [0.2, 0.25) is 5.02 Å². The van der Waals surface area contributed by atoms with Crippen LogP contribution in [0.25, 0.3) is 0 Å². The summed E-state index contributed by atoms with van der Waals surface area (Å²) in [6.07, 6.45) is 0. The summed E-state index contributed by atoms with van der Waals surface area (Å²) in [5, 5.41) is 2.85. The molecule has 1 amide bonds. The largest absolute Gasteiger partial charge is 0.323 e. The number of hydrogen-bond acceptors (Lipinski definition) is 3. The number of rotatable bonds is 3. The van der Waals surface area contributed by atoms with Crippen LogP contribution in [0.3, 0.4) is 0 Å². The van der Waals surface area contributed by atoms with E-state index in [1.807, 2.05) is 0 Å². The molecule has 0 aromatic heterocycles. The Labute approximate surface area is 114 Å². The van der Waals surface area contributed by atoms with Gasteiger partial charge in [0.05, 0.1) is 16.9 Å². The van der Waals surface area contributed by atoms with E-state index < -0.39 is 11.7 Å². The van der Waals surface area contributed by atoms with Gasteiger partial charge >= 0.3 is 0 Å². The highest BCUT2D eigenvalue weighted by Gasteiger charge is 2.13. The minimum Gasteiger partial charge on any atom is -0.323 e. The molecule has 98 valence electrons. The summed E-state index contributed by atoms with van der Waals surface area (Å²) in [5.74, 6) is 4.30. The molecule has 2 aromatic rings. The lowest BCUT2D eigenvalue weighted by molar-refractivity contribution is 0.102. The van der Waals surface area contributed by atoms with Crippen molar-refractivity contribution in [2.45, 2.75) is 0 Å². The Morgan fingerprint density at radius 3 is 2.58 bits per heavy atom. The molecule has 0 saturated heterocycles. The van der Waals surface area contributed by atoms with Gasteiger partial charge in [-0.1, -0.05) is 23.7 Å². The van der Waals surface area contributed by atoms with Gasteiger partial charge in [0.1, 0.15) is 5.82 Å². The summed E-state index contributed by atoms with van der Waals surface area (Å²) in [6.45, 7) is 0. The summed E-state index contributed by atoms with van der Waals surface area (Å²) in [4.78, 5) is 12.1. The first-order chi connectivity index (χ1) is 9.11. The van der Waals surface area contributed by atoms with E-state index in [1.165, 1.54) is 24.3 Å². The predicted octanol–water partition coefficient (Wildman–Crippen LogP) is 3.02. The lowest BCUT2D eigenvalue weighted by Gasteiger charge is -2.10. The molecule has 6 heteroatoms. The predicted molar refractivity (Wildman–Crippen MR) is 73.6 cm³/mol. The zero-order chi connectivity index (χ0) is 13.8. The highest BCUT2D eigenvalue weighted by molar-refractivity contribution is 6.31. The number of hydrazine groups is 1. The van der Waals surface area contributed by atoms with Gasteiger partial charge < -0.3 is 10.7 Å². The molecule has 0 saturated carbocycles. The van der Waals surface area contributed by atoms with Crippen molar-refractivity contribution in [1.82, 2.24) is 0 Å². The molecule has 0 aliphatic rings. The van der Waals surface area contributed by atoms with Gasteiger partial charge in [-0.25, -0.2) is 4.39 Å². The van der Waals surface area contributed by atoms with E-state index in [2.05, 4.69) is 10.7 Å². The van der Waals surface area contributed by atoms with Crippen LogP contribution in [-0.4, -0.2) is 5.91 Å². The molecule has 0 atom stereocenters. The highest BCUT2D eigenvalue weighted by Crippen LogP contribution is 2.22. The Bertz CT molecular complexity index is 619. The molecular weight excluding hydrogens is 269 g/mol. The van der Waals surface area contributed by atoms with Crippen LogP contribution in [-0.2, 0) is 0 Å². The second-order valence-corrected chi connectivity index (χ2v) is 4.20. The van der Waals surface area contributed by atoms with E-state index >= 15 is 0 Å². The molecule has 0 aliphatic heterocycles. The van der Waals surface area contributed by atoms with Gasteiger partial charge in [0.2, 0.25) is 0 Å². The molecule has 4 nitrogen and oxygen atoms in total. The van der Waals surface area contributed by atoms with Crippen LogP contribution in [0.4, 0.5) is 15.8 Å². The fourth-order valence-electron chi connectivity index (χ4n) is 1.58. The molecule has 2 aromatic carbocycles. The zero-order valence-corrected chi connectivity index (χ0v) is 10.5. The van der Waals surface area contributed by atoms with E-state index in [0.717, 1.165) is 0 Å². The number of carbonyl (C=O) groups is 1. The van der Waals surface area contributed by atoms with Gasteiger partial charge in [0.15, 0.2) is 0 Å². The number of nitrogen functional groups attached to an aromatic ring is 1. The fraction of sp³-hybridized carbons (Fsp3) is 0. The first-order valence-corrected chi connectivity index (χ1v) is 5.81. The van der Waals surface area contributed by atoms with Gasteiger partial charge in [-0.3, -0.25) is 10.6 Å².